The largest absolute Gasteiger partial charge is 0.508 e. The first-order valence-corrected chi connectivity index (χ1v) is 4.15. The molecule has 1 aromatic carbocycles. The Morgan fingerprint density at radius 1 is 1.50 bits per heavy atom. The van der Waals surface area contributed by atoms with Gasteiger partial charge in [-0.25, -0.2) is 0 Å². The average molecular weight is 197 g/mol. The van der Waals surface area contributed by atoms with Crippen LogP contribution >= 0.6 is 0 Å². The van der Waals surface area contributed by atoms with Gasteiger partial charge < -0.3 is 10.2 Å². The summed E-state index contributed by atoms with van der Waals surface area (Å²) < 4.78 is 0. The van der Waals surface area contributed by atoms with E-state index < -0.39 is 11.0 Å². The van der Waals surface area contributed by atoms with Gasteiger partial charge >= 0.3 is 0 Å². The minimum absolute atomic E-state index is 0.0555. The van der Waals surface area contributed by atoms with Crippen molar-refractivity contribution in [1.29, 1.82) is 0 Å². The van der Waals surface area contributed by atoms with Gasteiger partial charge in [0.2, 0.25) is 6.04 Å². The van der Waals surface area contributed by atoms with E-state index in [-0.39, 0.29) is 17.9 Å². The molecule has 1 unspecified atom stereocenters. The van der Waals surface area contributed by atoms with Crippen LogP contribution in [0, 0.1) is 10.1 Å². The Morgan fingerprint density at radius 3 is 2.64 bits per heavy atom. The summed E-state index contributed by atoms with van der Waals surface area (Å²) in [6.45, 7) is 1.46. The Kier molecular flexibility index (Phi) is 2.91. The van der Waals surface area contributed by atoms with Crippen LogP contribution in [0.1, 0.15) is 12.5 Å². The topological polar surface area (TPSA) is 83.6 Å². The van der Waals surface area contributed by atoms with Crippen molar-refractivity contribution in [3.63, 3.8) is 0 Å². The predicted molar refractivity (Wildman–Crippen MR) is 49.9 cm³/mol. The highest BCUT2D eigenvalue weighted by Crippen LogP contribution is 2.23. The van der Waals surface area contributed by atoms with E-state index in [4.69, 9.17) is 5.11 Å². The zero-order valence-electron chi connectivity index (χ0n) is 7.67. The third-order valence-electron chi connectivity index (χ3n) is 1.94. The van der Waals surface area contributed by atoms with Crippen LogP contribution in [0.5, 0.6) is 11.5 Å². The summed E-state index contributed by atoms with van der Waals surface area (Å²) in [6, 6.07) is 3.29. The number of phenolic OH excluding ortho intramolecular Hbond substituents is 2. The molecular formula is C9H11NO4. The van der Waals surface area contributed by atoms with Gasteiger partial charge in [0.25, 0.3) is 0 Å². The van der Waals surface area contributed by atoms with E-state index in [0.29, 0.717) is 5.56 Å². The van der Waals surface area contributed by atoms with Crippen LogP contribution < -0.4 is 0 Å². The van der Waals surface area contributed by atoms with E-state index in [9.17, 15) is 15.2 Å². The van der Waals surface area contributed by atoms with Gasteiger partial charge in [-0.05, 0) is 6.07 Å². The zero-order chi connectivity index (χ0) is 10.7. The minimum atomic E-state index is -0.745. The van der Waals surface area contributed by atoms with Gasteiger partial charge in [0.15, 0.2) is 0 Å². The molecule has 0 spiro atoms. The standard InChI is InChI=1S/C9H11NO4/c1-6(10(13)14)4-7-2-3-8(11)5-9(7)12/h2-3,5-6,11-12H,4H2,1H3. The van der Waals surface area contributed by atoms with Crippen LogP contribution in [-0.4, -0.2) is 21.2 Å². The maximum absolute atomic E-state index is 10.4. The van der Waals surface area contributed by atoms with Crippen molar-refractivity contribution in [3.05, 3.63) is 33.9 Å². The number of hydrogen-bond acceptors (Lipinski definition) is 4. The highest BCUT2D eigenvalue weighted by Gasteiger charge is 2.15. The van der Waals surface area contributed by atoms with Crippen molar-refractivity contribution >= 4 is 0 Å². The normalized spacial score (nSPS) is 12.4. The van der Waals surface area contributed by atoms with Crippen LogP contribution in [0.25, 0.3) is 0 Å². The van der Waals surface area contributed by atoms with Crippen molar-refractivity contribution in [2.45, 2.75) is 19.4 Å². The highest BCUT2D eigenvalue weighted by molar-refractivity contribution is 5.39. The second kappa shape index (κ2) is 3.95. The first kappa shape index (κ1) is 10.3. The van der Waals surface area contributed by atoms with Crippen molar-refractivity contribution in [2.24, 2.45) is 0 Å². The zero-order valence-corrected chi connectivity index (χ0v) is 7.67. The summed E-state index contributed by atoms with van der Waals surface area (Å²) in [5, 5.41) is 28.7. The van der Waals surface area contributed by atoms with Gasteiger partial charge in [-0.2, -0.15) is 0 Å². The molecule has 0 aliphatic rings. The van der Waals surface area contributed by atoms with Gasteiger partial charge in [0.1, 0.15) is 11.5 Å². The van der Waals surface area contributed by atoms with Gasteiger partial charge in [0, 0.05) is 29.9 Å². The summed E-state index contributed by atoms with van der Waals surface area (Å²) in [7, 11) is 0. The molecule has 0 fully saturated rings. The Bertz CT molecular complexity index is 351. The van der Waals surface area contributed by atoms with E-state index >= 15 is 0 Å². The molecule has 0 aliphatic heterocycles. The molecule has 2 N–H and O–H groups in total. The Balaban J connectivity index is 2.82. The number of benzene rings is 1. The number of aromatic hydroxyl groups is 2. The fourth-order valence-corrected chi connectivity index (χ4v) is 1.12. The molecule has 0 radical (unpaired) electrons. The van der Waals surface area contributed by atoms with Crippen molar-refractivity contribution < 1.29 is 15.1 Å². The smallest absolute Gasteiger partial charge is 0.214 e. The second-order valence-electron chi connectivity index (χ2n) is 3.15. The predicted octanol–water partition coefficient (Wildman–Crippen LogP) is 1.31. The molecule has 0 bridgehead atoms. The van der Waals surface area contributed by atoms with Crippen LogP contribution in [0.4, 0.5) is 0 Å². The Hall–Kier alpha value is -1.78. The quantitative estimate of drug-likeness (QED) is 0.565. The molecule has 0 amide bonds. The number of rotatable bonds is 3. The minimum Gasteiger partial charge on any atom is -0.508 e. The molecular weight excluding hydrogens is 186 g/mol. The first-order chi connectivity index (χ1) is 6.50. The molecule has 0 saturated carbocycles. The molecule has 76 valence electrons. The SMILES string of the molecule is CC(Cc1ccc(O)cc1O)[N+](=O)[O-]. The average Bonchev–Trinajstić information content (AvgIpc) is 2.09. The number of hydrogen-bond donors (Lipinski definition) is 2. The molecule has 1 atom stereocenters. The maximum Gasteiger partial charge on any atom is 0.214 e. The fraction of sp³-hybridized carbons (Fsp3) is 0.333. The van der Waals surface area contributed by atoms with Crippen molar-refractivity contribution in [3.8, 4) is 11.5 Å². The third kappa shape index (κ3) is 2.35. The summed E-state index contributed by atoms with van der Waals surface area (Å²) in [6.07, 6.45) is 0.152. The van der Waals surface area contributed by atoms with E-state index in [0.717, 1.165) is 0 Å². The van der Waals surface area contributed by atoms with Gasteiger partial charge in [0.05, 0.1) is 0 Å². The molecule has 0 saturated heterocycles. The van der Waals surface area contributed by atoms with Gasteiger partial charge in [-0.3, -0.25) is 10.1 Å². The molecule has 14 heavy (non-hydrogen) atoms. The van der Waals surface area contributed by atoms with Gasteiger partial charge in [-0.15, -0.1) is 0 Å². The fourth-order valence-electron chi connectivity index (χ4n) is 1.12. The highest BCUT2D eigenvalue weighted by atomic mass is 16.6. The van der Waals surface area contributed by atoms with E-state index in [2.05, 4.69) is 0 Å². The Morgan fingerprint density at radius 2 is 2.14 bits per heavy atom. The van der Waals surface area contributed by atoms with E-state index in [1.165, 1.54) is 25.1 Å². The second-order valence-corrected chi connectivity index (χ2v) is 3.15. The molecule has 0 aromatic heterocycles. The lowest BCUT2D eigenvalue weighted by molar-refractivity contribution is -0.517. The molecule has 0 aliphatic carbocycles. The lowest BCUT2D eigenvalue weighted by Crippen LogP contribution is -2.17. The van der Waals surface area contributed by atoms with Crippen LogP contribution in [-0.2, 0) is 6.42 Å². The third-order valence-corrected chi connectivity index (χ3v) is 1.94. The van der Waals surface area contributed by atoms with Crippen LogP contribution in [0.2, 0.25) is 0 Å². The van der Waals surface area contributed by atoms with Gasteiger partial charge in [-0.1, -0.05) is 6.07 Å². The molecule has 1 rings (SSSR count). The van der Waals surface area contributed by atoms with E-state index in [1.54, 1.807) is 0 Å². The number of nitrogens with zero attached hydrogens (tertiary/aromatic N) is 1. The lowest BCUT2D eigenvalue weighted by Gasteiger charge is -2.06. The lowest BCUT2D eigenvalue weighted by atomic mass is 10.1. The summed E-state index contributed by atoms with van der Waals surface area (Å²) in [5.41, 5.74) is 0.465. The van der Waals surface area contributed by atoms with Crippen molar-refractivity contribution in [2.75, 3.05) is 0 Å². The first-order valence-electron chi connectivity index (χ1n) is 4.15. The summed E-state index contributed by atoms with van der Waals surface area (Å²) >= 11 is 0. The van der Waals surface area contributed by atoms with Crippen LogP contribution in [0.15, 0.2) is 18.2 Å². The molecule has 1 aromatic rings. The monoisotopic (exact) mass is 197 g/mol. The molecule has 5 heteroatoms. The van der Waals surface area contributed by atoms with E-state index in [1.807, 2.05) is 0 Å². The summed E-state index contributed by atoms with van der Waals surface area (Å²) in [5.74, 6) is -0.168. The number of nitro groups is 1. The molecule has 0 heterocycles. The maximum atomic E-state index is 10.4. The Labute approximate surface area is 80.8 Å². The van der Waals surface area contributed by atoms with Crippen molar-refractivity contribution in [1.82, 2.24) is 0 Å². The molecule has 5 nitrogen and oxygen atoms in total. The summed E-state index contributed by atoms with van der Waals surface area (Å²) in [4.78, 5) is 9.95. The number of phenols is 2. The van der Waals surface area contributed by atoms with Crippen LogP contribution in [0.3, 0.4) is 0 Å².